The summed E-state index contributed by atoms with van der Waals surface area (Å²) in [5.41, 5.74) is 4.56. The first-order chi connectivity index (χ1) is 17.6. The number of imidazole rings is 1. The van der Waals surface area contributed by atoms with Crippen molar-refractivity contribution < 1.29 is 9.72 Å². The van der Waals surface area contributed by atoms with Crippen LogP contribution in [-0.2, 0) is 4.79 Å². The van der Waals surface area contributed by atoms with Crippen molar-refractivity contribution in [1.82, 2.24) is 19.3 Å². The van der Waals surface area contributed by atoms with Gasteiger partial charge in [-0.15, -0.1) is 0 Å². The van der Waals surface area contributed by atoms with E-state index < -0.39 is 4.92 Å². The number of carbonyl (C=O) groups excluding carboxylic acids is 1. The van der Waals surface area contributed by atoms with Crippen molar-refractivity contribution in [1.29, 1.82) is 0 Å². The van der Waals surface area contributed by atoms with E-state index in [2.05, 4.69) is 4.90 Å². The molecule has 180 valence electrons. The maximum Gasteiger partial charge on any atom is 0.269 e. The molecular weight excluding hydrogens is 476 g/mol. The van der Waals surface area contributed by atoms with Gasteiger partial charge in [-0.1, -0.05) is 36.0 Å². The molecule has 0 spiro atoms. The van der Waals surface area contributed by atoms with Crippen molar-refractivity contribution in [3.05, 3.63) is 82.9 Å². The van der Waals surface area contributed by atoms with E-state index in [0.29, 0.717) is 26.2 Å². The van der Waals surface area contributed by atoms with Crippen LogP contribution in [0.4, 0.5) is 11.4 Å². The molecule has 5 aromatic rings. The van der Waals surface area contributed by atoms with Gasteiger partial charge in [-0.2, -0.15) is 0 Å². The molecule has 36 heavy (non-hydrogen) atoms. The van der Waals surface area contributed by atoms with Crippen LogP contribution in [0.1, 0.15) is 0 Å². The van der Waals surface area contributed by atoms with E-state index in [1.54, 1.807) is 12.1 Å². The number of nitro benzene ring substituents is 1. The number of nitrogens with zero attached hydrogens (tertiary/aromatic N) is 6. The van der Waals surface area contributed by atoms with Gasteiger partial charge >= 0.3 is 0 Å². The molecule has 3 aromatic carbocycles. The molecule has 1 amide bonds. The molecule has 0 aliphatic carbocycles. The highest BCUT2D eigenvalue weighted by molar-refractivity contribution is 7.99. The van der Waals surface area contributed by atoms with Crippen LogP contribution in [0.3, 0.4) is 0 Å². The molecule has 0 saturated carbocycles. The topological polar surface area (TPSA) is 96.9 Å². The number of para-hydroxylation sites is 3. The number of non-ortho nitro benzene ring substituents is 1. The zero-order chi connectivity index (χ0) is 24.6. The van der Waals surface area contributed by atoms with Gasteiger partial charge in [-0.25, -0.2) is 9.97 Å². The molecule has 1 fully saturated rings. The van der Waals surface area contributed by atoms with Gasteiger partial charge in [0.2, 0.25) is 5.91 Å². The molecule has 0 radical (unpaired) electrons. The van der Waals surface area contributed by atoms with Gasteiger partial charge in [-0.3, -0.25) is 19.3 Å². The molecule has 6 rings (SSSR count). The molecule has 1 saturated heterocycles. The Balaban J connectivity index is 1.18. The lowest BCUT2D eigenvalue weighted by Gasteiger charge is -2.36. The monoisotopic (exact) mass is 498 g/mol. The molecule has 1 aliphatic heterocycles. The predicted octanol–water partition coefficient (Wildman–Crippen LogP) is 4.38. The van der Waals surface area contributed by atoms with Crippen molar-refractivity contribution in [2.75, 3.05) is 36.8 Å². The maximum absolute atomic E-state index is 13.1. The minimum Gasteiger partial charge on any atom is -0.368 e. The lowest BCUT2D eigenvalue weighted by molar-refractivity contribution is -0.384. The fourth-order valence-corrected chi connectivity index (χ4v) is 5.54. The smallest absolute Gasteiger partial charge is 0.269 e. The molecule has 2 aromatic heterocycles. The number of aromatic nitrogens is 3. The number of piperazine rings is 1. The highest BCUT2D eigenvalue weighted by Gasteiger charge is 2.23. The van der Waals surface area contributed by atoms with Gasteiger partial charge in [0.15, 0.2) is 5.16 Å². The summed E-state index contributed by atoms with van der Waals surface area (Å²) < 4.78 is 2.04. The van der Waals surface area contributed by atoms with Crippen LogP contribution >= 0.6 is 11.8 Å². The minimum absolute atomic E-state index is 0.0656. The van der Waals surface area contributed by atoms with Gasteiger partial charge in [0.05, 0.1) is 27.2 Å². The van der Waals surface area contributed by atoms with Gasteiger partial charge in [-0.05, 0) is 36.4 Å². The molecule has 9 nitrogen and oxygen atoms in total. The Morgan fingerprint density at radius 1 is 0.889 bits per heavy atom. The average molecular weight is 499 g/mol. The number of benzene rings is 3. The van der Waals surface area contributed by atoms with Gasteiger partial charge in [0.1, 0.15) is 5.65 Å². The summed E-state index contributed by atoms with van der Waals surface area (Å²) in [4.78, 5) is 37.3. The van der Waals surface area contributed by atoms with E-state index >= 15 is 0 Å². The number of fused-ring (bicyclic) bond motifs is 5. The number of thioether (sulfide) groups is 1. The van der Waals surface area contributed by atoms with Crippen molar-refractivity contribution in [3.63, 3.8) is 0 Å². The first-order valence-electron chi connectivity index (χ1n) is 11.6. The second kappa shape index (κ2) is 9.12. The fraction of sp³-hybridized carbons (Fsp3) is 0.192. The first-order valence-corrected chi connectivity index (χ1v) is 12.6. The second-order valence-corrected chi connectivity index (χ2v) is 9.54. The molecular formula is C26H22N6O3S. The second-order valence-electron chi connectivity index (χ2n) is 8.60. The van der Waals surface area contributed by atoms with Crippen molar-refractivity contribution >= 4 is 56.6 Å². The summed E-state index contributed by atoms with van der Waals surface area (Å²) in [6.07, 6.45) is 0. The standard InChI is InChI=1S/C26H22N6O3S/c33-24(30-15-13-29(14-16-30)18-9-11-19(12-10-18)32(34)35)17-36-26-28-21-6-2-1-5-20(21)25-27-22-7-3-4-8-23(22)31(25)26/h1-12H,13-17H2. The van der Waals surface area contributed by atoms with Crippen LogP contribution in [0.25, 0.3) is 27.6 Å². The third-order valence-electron chi connectivity index (χ3n) is 6.50. The Morgan fingerprint density at radius 3 is 2.33 bits per heavy atom. The molecule has 3 heterocycles. The Labute approximate surface area is 210 Å². The zero-order valence-corrected chi connectivity index (χ0v) is 20.1. The Kier molecular flexibility index (Phi) is 5.65. The van der Waals surface area contributed by atoms with Crippen molar-refractivity contribution in [2.24, 2.45) is 0 Å². The summed E-state index contributed by atoms with van der Waals surface area (Å²) in [5.74, 6) is 0.348. The maximum atomic E-state index is 13.1. The van der Waals surface area contributed by atoms with E-state index in [1.807, 2.05) is 57.8 Å². The first kappa shape index (κ1) is 22.3. The molecule has 0 bridgehead atoms. The van der Waals surface area contributed by atoms with E-state index in [9.17, 15) is 14.9 Å². The van der Waals surface area contributed by atoms with E-state index in [-0.39, 0.29) is 17.3 Å². The number of hydrogen-bond acceptors (Lipinski definition) is 7. The van der Waals surface area contributed by atoms with Crippen LogP contribution in [-0.4, -0.2) is 62.0 Å². The molecule has 0 atom stereocenters. The van der Waals surface area contributed by atoms with Crippen LogP contribution in [0.15, 0.2) is 78.0 Å². The van der Waals surface area contributed by atoms with Gasteiger partial charge < -0.3 is 9.80 Å². The van der Waals surface area contributed by atoms with Crippen LogP contribution in [0, 0.1) is 10.1 Å². The quantitative estimate of drug-likeness (QED) is 0.153. The summed E-state index contributed by atoms with van der Waals surface area (Å²) in [6, 6.07) is 22.4. The number of rotatable bonds is 5. The Bertz CT molecular complexity index is 1610. The lowest BCUT2D eigenvalue weighted by atomic mass is 10.2. The van der Waals surface area contributed by atoms with Gasteiger partial charge in [0, 0.05) is 49.4 Å². The Morgan fingerprint density at radius 2 is 1.58 bits per heavy atom. The van der Waals surface area contributed by atoms with Crippen molar-refractivity contribution in [3.8, 4) is 0 Å². The highest BCUT2D eigenvalue weighted by Crippen LogP contribution is 2.29. The Hall–Kier alpha value is -4.18. The van der Waals surface area contributed by atoms with Crippen LogP contribution in [0.5, 0.6) is 0 Å². The summed E-state index contributed by atoms with van der Waals surface area (Å²) in [5, 5.41) is 12.6. The zero-order valence-electron chi connectivity index (χ0n) is 19.3. The molecule has 10 heteroatoms. The number of hydrogen-bond donors (Lipinski definition) is 0. The van der Waals surface area contributed by atoms with Crippen molar-refractivity contribution in [2.45, 2.75) is 5.16 Å². The normalized spacial score (nSPS) is 14.1. The van der Waals surface area contributed by atoms with E-state index in [1.165, 1.54) is 23.9 Å². The summed E-state index contributed by atoms with van der Waals surface area (Å²) >= 11 is 1.43. The summed E-state index contributed by atoms with van der Waals surface area (Å²) in [6.45, 7) is 2.56. The number of anilines is 1. The van der Waals surface area contributed by atoms with Crippen LogP contribution < -0.4 is 4.90 Å². The van der Waals surface area contributed by atoms with E-state index in [4.69, 9.17) is 9.97 Å². The highest BCUT2D eigenvalue weighted by atomic mass is 32.2. The van der Waals surface area contributed by atoms with E-state index in [0.717, 1.165) is 38.4 Å². The SMILES string of the molecule is O=C(CSc1nc2ccccc2c2nc3ccccc3n12)N1CCN(c2ccc([N+](=O)[O-])cc2)CC1. The van der Waals surface area contributed by atoms with Gasteiger partial charge in [0.25, 0.3) is 5.69 Å². The summed E-state index contributed by atoms with van der Waals surface area (Å²) in [7, 11) is 0. The molecule has 0 N–H and O–H groups in total. The molecule has 0 unspecified atom stereocenters. The third-order valence-corrected chi connectivity index (χ3v) is 7.42. The predicted molar refractivity (Wildman–Crippen MR) is 141 cm³/mol. The number of amides is 1. The van der Waals surface area contributed by atoms with Crippen LogP contribution in [0.2, 0.25) is 0 Å². The minimum atomic E-state index is -0.400. The average Bonchev–Trinajstić information content (AvgIpc) is 3.32. The third kappa shape index (κ3) is 3.99. The largest absolute Gasteiger partial charge is 0.368 e. The fourth-order valence-electron chi connectivity index (χ4n) is 4.63. The lowest BCUT2D eigenvalue weighted by Crippen LogP contribution is -2.49. The number of carbonyl (C=O) groups is 1. The number of nitro groups is 1. The molecule has 1 aliphatic rings.